The Morgan fingerprint density at radius 1 is 1.53 bits per heavy atom. The predicted molar refractivity (Wildman–Crippen MR) is 53.5 cm³/mol. The van der Waals surface area contributed by atoms with Gasteiger partial charge in [-0.15, -0.1) is 11.6 Å². The summed E-state index contributed by atoms with van der Waals surface area (Å²) in [4.78, 5) is 24.5. The third-order valence-corrected chi connectivity index (χ3v) is 2.10. The van der Waals surface area contributed by atoms with Crippen molar-refractivity contribution in [2.45, 2.75) is 0 Å². The second-order valence-corrected chi connectivity index (χ2v) is 3.09. The second-order valence-electron chi connectivity index (χ2n) is 2.44. The maximum absolute atomic E-state index is 11.1. The van der Waals surface area contributed by atoms with Gasteiger partial charge in [-0.2, -0.15) is 0 Å². The van der Waals surface area contributed by atoms with E-state index in [0.717, 1.165) is 0 Å². The molecule has 1 aromatic heterocycles. The van der Waals surface area contributed by atoms with Crippen LogP contribution in [0.5, 0.6) is 5.75 Å². The van der Waals surface area contributed by atoms with Gasteiger partial charge in [-0.3, -0.25) is 4.79 Å². The lowest BCUT2D eigenvalue weighted by molar-refractivity contribution is -0.131. The van der Waals surface area contributed by atoms with Gasteiger partial charge >= 0.3 is 11.9 Å². The number of halogens is 2. The molecule has 0 saturated carbocycles. The zero-order valence-corrected chi connectivity index (χ0v) is 9.19. The molecule has 0 spiro atoms. The molecule has 0 aromatic carbocycles. The Labute approximate surface area is 95.3 Å². The van der Waals surface area contributed by atoms with Gasteiger partial charge in [0.1, 0.15) is 16.6 Å². The average Bonchev–Trinajstić information content (AvgIpc) is 2.59. The van der Waals surface area contributed by atoms with Gasteiger partial charge in [0, 0.05) is 6.20 Å². The van der Waals surface area contributed by atoms with E-state index >= 15 is 0 Å². The lowest BCUT2D eigenvalue weighted by atomic mass is 10.4. The standard InChI is InChI=1S/C8H7Cl2NO4/c1-14-8(13)7-6(10)4(3-11-7)15-5(12)2-9/h3,11H,2H2,1H3. The summed E-state index contributed by atoms with van der Waals surface area (Å²) in [6, 6.07) is 0. The average molecular weight is 252 g/mol. The van der Waals surface area contributed by atoms with Crippen molar-refractivity contribution in [3.05, 3.63) is 16.9 Å². The van der Waals surface area contributed by atoms with E-state index in [9.17, 15) is 9.59 Å². The number of ether oxygens (including phenoxy) is 2. The first-order chi connectivity index (χ1) is 7.10. The van der Waals surface area contributed by atoms with Crippen molar-refractivity contribution in [1.82, 2.24) is 4.98 Å². The molecule has 82 valence electrons. The molecule has 0 unspecified atom stereocenters. The van der Waals surface area contributed by atoms with Crippen LogP contribution in [-0.2, 0) is 9.53 Å². The molecule has 15 heavy (non-hydrogen) atoms. The lowest BCUT2D eigenvalue weighted by Gasteiger charge is -1.99. The van der Waals surface area contributed by atoms with Crippen LogP contribution in [0.25, 0.3) is 0 Å². The molecule has 0 aliphatic carbocycles. The summed E-state index contributed by atoms with van der Waals surface area (Å²) in [6.45, 7) is 0. The number of nitrogens with one attached hydrogen (secondary N) is 1. The molecule has 0 saturated heterocycles. The van der Waals surface area contributed by atoms with Crippen LogP contribution < -0.4 is 4.74 Å². The summed E-state index contributed by atoms with van der Waals surface area (Å²) in [5, 5.41) is -0.0136. The topological polar surface area (TPSA) is 68.4 Å². The summed E-state index contributed by atoms with van der Waals surface area (Å²) in [7, 11) is 1.21. The number of aromatic amines is 1. The van der Waals surface area contributed by atoms with Gasteiger partial charge in [0.05, 0.1) is 7.11 Å². The zero-order valence-electron chi connectivity index (χ0n) is 7.67. The maximum atomic E-state index is 11.1. The van der Waals surface area contributed by atoms with E-state index in [1.807, 2.05) is 0 Å². The van der Waals surface area contributed by atoms with Crippen LogP contribution in [0.1, 0.15) is 10.5 Å². The van der Waals surface area contributed by atoms with Crippen LogP contribution in [-0.4, -0.2) is 29.9 Å². The fraction of sp³-hybridized carbons (Fsp3) is 0.250. The van der Waals surface area contributed by atoms with Gasteiger partial charge < -0.3 is 14.5 Å². The van der Waals surface area contributed by atoms with Crippen molar-refractivity contribution >= 4 is 35.1 Å². The van der Waals surface area contributed by atoms with Gasteiger partial charge in [-0.05, 0) is 0 Å². The summed E-state index contributed by atoms with van der Waals surface area (Å²) in [6.07, 6.45) is 1.28. The second kappa shape index (κ2) is 5.04. The number of H-pyrrole nitrogens is 1. The maximum Gasteiger partial charge on any atom is 0.356 e. The minimum atomic E-state index is -0.658. The molecular formula is C8H7Cl2NO4. The Balaban J connectivity index is 2.89. The van der Waals surface area contributed by atoms with Crippen LogP contribution >= 0.6 is 23.2 Å². The monoisotopic (exact) mass is 251 g/mol. The first-order valence-electron chi connectivity index (χ1n) is 3.82. The normalized spacial score (nSPS) is 9.80. The van der Waals surface area contributed by atoms with Crippen molar-refractivity contribution < 1.29 is 19.1 Å². The molecule has 1 N–H and O–H groups in total. The van der Waals surface area contributed by atoms with E-state index in [4.69, 9.17) is 27.9 Å². The highest BCUT2D eigenvalue weighted by Crippen LogP contribution is 2.28. The molecule has 1 rings (SSSR count). The van der Waals surface area contributed by atoms with Gasteiger partial charge in [0.15, 0.2) is 5.75 Å². The third-order valence-electron chi connectivity index (χ3n) is 1.51. The van der Waals surface area contributed by atoms with E-state index in [1.165, 1.54) is 13.3 Å². The Bertz CT molecular complexity index is 388. The number of alkyl halides is 1. The van der Waals surface area contributed by atoms with Crippen molar-refractivity contribution in [3.8, 4) is 5.75 Å². The third kappa shape index (κ3) is 2.64. The minimum absolute atomic E-state index is 0.0136. The summed E-state index contributed by atoms with van der Waals surface area (Å²) in [5.74, 6) is -1.56. The van der Waals surface area contributed by atoms with Crippen molar-refractivity contribution in [2.24, 2.45) is 0 Å². The lowest BCUT2D eigenvalue weighted by Crippen LogP contribution is -2.08. The molecule has 0 bridgehead atoms. The SMILES string of the molecule is COC(=O)c1[nH]cc(OC(=O)CCl)c1Cl. The van der Waals surface area contributed by atoms with E-state index in [0.29, 0.717) is 0 Å². The molecule has 0 aliphatic rings. The molecule has 0 amide bonds. The molecule has 0 radical (unpaired) electrons. The number of carbonyl (C=O) groups is 2. The number of hydrogen-bond acceptors (Lipinski definition) is 4. The molecule has 0 atom stereocenters. The Kier molecular flexibility index (Phi) is 3.99. The van der Waals surface area contributed by atoms with Crippen LogP contribution in [0, 0.1) is 0 Å². The van der Waals surface area contributed by atoms with Crippen LogP contribution in [0.4, 0.5) is 0 Å². The first-order valence-corrected chi connectivity index (χ1v) is 4.73. The van der Waals surface area contributed by atoms with E-state index in [1.54, 1.807) is 0 Å². The van der Waals surface area contributed by atoms with Gasteiger partial charge in [-0.1, -0.05) is 11.6 Å². The summed E-state index contributed by atoms with van der Waals surface area (Å²) >= 11 is 11.0. The number of hydrogen-bond donors (Lipinski definition) is 1. The Morgan fingerprint density at radius 3 is 2.73 bits per heavy atom. The van der Waals surface area contributed by atoms with Gasteiger partial charge in [0.2, 0.25) is 0 Å². The predicted octanol–water partition coefficient (Wildman–Crippen LogP) is 1.60. The van der Waals surface area contributed by atoms with Crippen LogP contribution in [0.2, 0.25) is 5.02 Å². The van der Waals surface area contributed by atoms with Gasteiger partial charge in [0.25, 0.3) is 0 Å². The minimum Gasteiger partial charge on any atom is -0.464 e. The molecule has 5 nitrogen and oxygen atoms in total. The first kappa shape index (κ1) is 11.9. The number of carbonyl (C=O) groups excluding carboxylic acids is 2. The highest BCUT2D eigenvalue weighted by molar-refractivity contribution is 6.35. The Morgan fingerprint density at radius 2 is 2.20 bits per heavy atom. The number of methoxy groups -OCH3 is 1. The van der Waals surface area contributed by atoms with Crippen LogP contribution in [0.3, 0.4) is 0 Å². The van der Waals surface area contributed by atoms with E-state index < -0.39 is 11.9 Å². The summed E-state index contributed by atoms with van der Waals surface area (Å²) < 4.78 is 9.17. The zero-order chi connectivity index (χ0) is 11.4. The fourth-order valence-electron chi connectivity index (χ4n) is 0.862. The fourth-order valence-corrected chi connectivity index (χ4v) is 1.14. The molecule has 1 heterocycles. The van der Waals surface area contributed by atoms with E-state index in [2.05, 4.69) is 9.72 Å². The van der Waals surface area contributed by atoms with Crippen molar-refractivity contribution in [3.63, 3.8) is 0 Å². The number of esters is 2. The summed E-state index contributed by atoms with van der Waals surface area (Å²) in [5.41, 5.74) is 0.0246. The largest absolute Gasteiger partial charge is 0.464 e. The molecule has 7 heteroatoms. The van der Waals surface area contributed by atoms with Crippen LogP contribution in [0.15, 0.2) is 6.20 Å². The molecule has 0 fully saturated rings. The highest BCUT2D eigenvalue weighted by atomic mass is 35.5. The van der Waals surface area contributed by atoms with Gasteiger partial charge in [-0.25, -0.2) is 4.79 Å². The smallest absolute Gasteiger partial charge is 0.356 e. The Hall–Kier alpha value is -1.20. The van der Waals surface area contributed by atoms with Crippen molar-refractivity contribution in [2.75, 3.05) is 13.0 Å². The quantitative estimate of drug-likeness (QED) is 0.655. The highest BCUT2D eigenvalue weighted by Gasteiger charge is 2.18. The van der Waals surface area contributed by atoms with Crippen molar-refractivity contribution in [1.29, 1.82) is 0 Å². The molecular weight excluding hydrogens is 245 g/mol. The molecule has 1 aromatic rings. The van der Waals surface area contributed by atoms with E-state index in [-0.39, 0.29) is 22.3 Å². The molecule has 0 aliphatic heterocycles. The number of aromatic nitrogens is 1. The number of rotatable bonds is 3.